The predicted molar refractivity (Wildman–Crippen MR) is 64.8 cm³/mol. The maximum Gasteiger partial charge on any atom is 0.0462 e. The summed E-state index contributed by atoms with van der Waals surface area (Å²) in [7, 11) is 0. The van der Waals surface area contributed by atoms with Gasteiger partial charge in [0.15, 0.2) is 0 Å². The Hall–Kier alpha value is -0.0800. The average Bonchev–Trinajstić information content (AvgIpc) is 2.27. The molecule has 0 aromatic rings. The number of rotatable bonds is 10. The van der Waals surface area contributed by atoms with Crippen molar-refractivity contribution >= 4 is 0 Å². The zero-order valence-electron chi connectivity index (χ0n) is 10.4. The van der Waals surface area contributed by atoms with Gasteiger partial charge in [0, 0.05) is 13.2 Å². The van der Waals surface area contributed by atoms with Gasteiger partial charge in [-0.25, -0.2) is 0 Å². The van der Waals surface area contributed by atoms with Crippen molar-refractivity contribution in [1.82, 2.24) is 0 Å². The van der Waals surface area contributed by atoms with Gasteiger partial charge in [-0.1, -0.05) is 52.4 Å². The van der Waals surface area contributed by atoms with Crippen molar-refractivity contribution in [1.29, 1.82) is 0 Å². The van der Waals surface area contributed by atoms with Crippen LogP contribution in [0.15, 0.2) is 0 Å². The lowest BCUT2D eigenvalue weighted by atomic mass is 9.90. The smallest absolute Gasteiger partial charge is 0.0462 e. The van der Waals surface area contributed by atoms with Crippen LogP contribution < -0.4 is 0 Å². The molecule has 0 aliphatic carbocycles. The Bertz CT molecular complexity index is 126. The normalized spacial score (nSPS) is 15.2. The minimum absolute atomic E-state index is 0.195. The van der Waals surface area contributed by atoms with Crippen molar-refractivity contribution in [2.45, 2.75) is 58.8 Å². The third-order valence-electron chi connectivity index (χ3n) is 3.26. The number of unbranched alkanes of at least 4 members (excludes halogenated alkanes) is 5. The molecule has 0 aliphatic rings. The summed E-state index contributed by atoms with van der Waals surface area (Å²) >= 11 is 0. The Kier molecular flexibility index (Phi) is 10.4. The number of aliphatic hydroxyl groups is 2. The summed E-state index contributed by atoms with van der Waals surface area (Å²) in [5.41, 5.74) is 0. The Balaban J connectivity index is 3.38. The Morgan fingerprint density at radius 3 is 2.00 bits per heavy atom. The van der Waals surface area contributed by atoms with Crippen molar-refractivity contribution in [3.8, 4) is 0 Å². The van der Waals surface area contributed by atoms with E-state index >= 15 is 0 Å². The lowest BCUT2D eigenvalue weighted by Crippen LogP contribution is -2.19. The molecular formula is C13H28O2. The van der Waals surface area contributed by atoms with E-state index < -0.39 is 0 Å². The van der Waals surface area contributed by atoms with Gasteiger partial charge in [-0.15, -0.1) is 0 Å². The molecule has 0 saturated heterocycles. The van der Waals surface area contributed by atoms with Crippen LogP contribution in [0.25, 0.3) is 0 Å². The van der Waals surface area contributed by atoms with E-state index in [4.69, 9.17) is 10.2 Å². The van der Waals surface area contributed by atoms with E-state index in [1.165, 1.54) is 38.5 Å². The van der Waals surface area contributed by atoms with Gasteiger partial charge in [0.05, 0.1) is 0 Å². The summed E-state index contributed by atoms with van der Waals surface area (Å²) in [5, 5.41) is 18.2. The summed E-state index contributed by atoms with van der Waals surface area (Å²) in [6.45, 7) is 4.65. The molecular weight excluding hydrogens is 188 g/mol. The molecule has 2 N–H and O–H groups in total. The van der Waals surface area contributed by atoms with Crippen LogP contribution in [0.2, 0.25) is 0 Å². The molecule has 92 valence electrons. The molecule has 0 rings (SSSR count). The fourth-order valence-corrected chi connectivity index (χ4v) is 1.89. The highest BCUT2D eigenvalue weighted by Crippen LogP contribution is 2.18. The monoisotopic (exact) mass is 216 g/mol. The van der Waals surface area contributed by atoms with E-state index in [0.717, 1.165) is 6.42 Å². The SMILES string of the molecule is CCCCCCCC[C@H](CO)[C@H](C)CO. The van der Waals surface area contributed by atoms with Gasteiger partial charge in [-0.3, -0.25) is 0 Å². The first-order chi connectivity index (χ1) is 7.26. The van der Waals surface area contributed by atoms with Gasteiger partial charge >= 0.3 is 0 Å². The highest BCUT2D eigenvalue weighted by Gasteiger charge is 2.14. The molecule has 15 heavy (non-hydrogen) atoms. The van der Waals surface area contributed by atoms with Crippen molar-refractivity contribution in [2.75, 3.05) is 13.2 Å². The first-order valence-corrected chi connectivity index (χ1v) is 6.47. The summed E-state index contributed by atoms with van der Waals surface area (Å²) in [6.07, 6.45) is 8.82. The van der Waals surface area contributed by atoms with E-state index in [1.807, 2.05) is 6.92 Å². The molecule has 2 nitrogen and oxygen atoms in total. The van der Waals surface area contributed by atoms with E-state index in [2.05, 4.69) is 6.92 Å². The van der Waals surface area contributed by atoms with E-state index in [1.54, 1.807) is 0 Å². The van der Waals surface area contributed by atoms with E-state index in [-0.39, 0.29) is 19.1 Å². The highest BCUT2D eigenvalue weighted by molar-refractivity contribution is 4.64. The third kappa shape index (κ3) is 7.80. The standard InChI is InChI=1S/C13H28O2/c1-3-4-5-6-7-8-9-13(11-15)12(2)10-14/h12-15H,3-11H2,1-2H3/t12-,13-/m1/s1. The number of hydrogen-bond acceptors (Lipinski definition) is 2. The zero-order chi connectivity index (χ0) is 11.5. The maximum absolute atomic E-state index is 9.16. The topological polar surface area (TPSA) is 40.5 Å². The Labute approximate surface area is 94.7 Å². The first kappa shape index (κ1) is 14.9. The van der Waals surface area contributed by atoms with Gasteiger partial charge < -0.3 is 10.2 Å². The van der Waals surface area contributed by atoms with Crippen molar-refractivity contribution < 1.29 is 10.2 Å². The van der Waals surface area contributed by atoms with E-state index in [9.17, 15) is 0 Å². The molecule has 0 bridgehead atoms. The van der Waals surface area contributed by atoms with Crippen LogP contribution in [0.4, 0.5) is 0 Å². The van der Waals surface area contributed by atoms with Crippen LogP contribution in [-0.2, 0) is 0 Å². The van der Waals surface area contributed by atoms with Crippen molar-refractivity contribution in [3.63, 3.8) is 0 Å². The van der Waals surface area contributed by atoms with Crippen LogP contribution >= 0.6 is 0 Å². The van der Waals surface area contributed by atoms with Gasteiger partial charge in [0.2, 0.25) is 0 Å². The van der Waals surface area contributed by atoms with Crippen LogP contribution in [0.1, 0.15) is 58.8 Å². The fourth-order valence-electron chi connectivity index (χ4n) is 1.89. The predicted octanol–water partition coefficient (Wildman–Crippen LogP) is 2.97. The molecule has 0 aliphatic heterocycles. The van der Waals surface area contributed by atoms with Gasteiger partial charge in [-0.05, 0) is 18.3 Å². The lowest BCUT2D eigenvalue weighted by Gasteiger charge is -2.19. The average molecular weight is 216 g/mol. The largest absolute Gasteiger partial charge is 0.396 e. The molecule has 0 aromatic heterocycles. The third-order valence-corrected chi connectivity index (χ3v) is 3.26. The molecule has 0 saturated carbocycles. The summed E-state index contributed by atoms with van der Waals surface area (Å²) in [6, 6.07) is 0. The quantitative estimate of drug-likeness (QED) is 0.551. The molecule has 0 spiro atoms. The second-order valence-electron chi connectivity index (χ2n) is 4.66. The van der Waals surface area contributed by atoms with Crippen LogP contribution in [0, 0.1) is 11.8 Å². The number of hydrogen-bond donors (Lipinski definition) is 2. The lowest BCUT2D eigenvalue weighted by molar-refractivity contribution is 0.122. The Morgan fingerprint density at radius 2 is 1.47 bits per heavy atom. The minimum atomic E-state index is 0.195. The first-order valence-electron chi connectivity index (χ1n) is 6.47. The molecule has 0 fully saturated rings. The molecule has 0 radical (unpaired) electrons. The molecule has 2 atom stereocenters. The van der Waals surface area contributed by atoms with Gasteiger partial charge in [0.1, 0.15) is 0 Å². The summed E-state index contributed by atoms with van der Waals surface area (Å²) in [4.78, 5) is 0. The molecule has 2 heteroatoms. The summed E-state index contributed by atoms with van der Waals surface area (Å²) in [5.74, 6) is 0.534. The van der Waals surface area contributed by atoms with Crippen molar-refractivity contribution in [2.24, 2.45) is 11.8 Å². The van der Waals surface area contributed by atoms with E-state index in [0.29, 0.717) is 5.92 Å². The highest BCUT2D eigenvalue weighted by atomic mass is 16.3. The van der Waals surface area contributed by atoms with Crippen LogP contribution in [-0.4, -0.2) is 23.4 Å². The van der Waals surface area contributed by atoms with Gasteiger partial charge in [0.25, 0.3) is 0 Å². The van der Waals surface area contributed by atoms with Gasteiger partial charge in [-0.2, -0.15) is 0 Å². The molecule has 0 aromatic carbocycles. The zero-order valence-corrected chi connectivity index (χ0v) is 10.4. The summed E-state index contributed by atoms with van der Waals surface area (Å²) < 4.78 is 0. The number of aliphatic hydroxyl groups excluding tert-OH is 2. The maximum atomic E-state index is 9.16. The second-order valence-corrected chi connectivity index (χ2v) is 4.66. The second kappa shape index (κ2) is 10.4. The molecule has 0 amide bonds. The van der Waals surface area contributed by atoms with Crippen LogP contribution in [0.5, 0.6) is 0 Å². The Morgan fingerprint density at radius 1 is 0.867 bits per heavy atom. The van der Waals surface area contributed by atoms with Crippen LogP contribution in [0.3, 0.4) is 0 Å². The molecule has 0 unspecified atom stereocenters. The van der Waals surface area contributed by atoms with Crippen molar-refractivity contribution in [3.05, 3.63) is 0 Å². The fraction of sp³-hybridized carbons (Fsp3) is 1.00. The molecule has 0 heterocycles. The minimum Gasteiger partial charge on any atom is -0.396 e.